The molecule has 0 unspecified atom stereocenters. The van der Waals surface area contributed by atoms with Crippen molar-refractivity contribution in [3.63, 3.8) is 0 Å². The van der Waals surface area contributed by atoms with Crippen molar-refractivity contribution in [2.45, 2.75) is 25.7 Å². The fourth-order valence-electron chi connectivity index (χ4n) is 1.29. The highest BCUT2D eigenvalue weighted by atomic mass is 28.3. The minimum atomic E-state index is -1.24. The van der Waals surface area contributed by atoms with E-state index in [1.54, 1.807) is 6.07 Å². The summed E-state index contributed by atoms with van der Waals surface area (Å²) >= 11 is 0. The van der Waals surface area contributed by atoms with Crippen LogP contribution in [0.15, 0.2) is 18.2 Å². The number of rotatable bonds is 4. The average molecular weight is 280 g/mol. The highest BCUT2D eigenvalue weighted by molar-refractivity contribution is 6.76. The third-order valence-electron chi connectivity index (χ3n) is 2.42. The number of nitrogens with one attached hydrogen (secondary N) is 1. The first-order chi connectivity index (χ1) is 8.81. The maximum atomic E-state index is 13.3. The summed E-state index contributed by atoms with van der Waals surface area (Å²) in [4.78, 5) is 11.5. The molecule has 1 amide bonds. The Morgan fingerprint density at radius 3 is 2.68 bits per heavy atom. The van der Waals surface area contributed by atoms with Crippen LogP contribution in [0.2, 0.25) is 25.7 Å². The summed E-state index contributed by atoms with van der Waals surface area (Å²) in [5.41, 5.74) is 0.215. The Hall–Kier alpha value is -1.87. The lowest BCUT2D eigenvalue weighted by Gasteiger charge is -2.15. The molecular formula is C13H17FN2O2Si. The highest BCUT2D eigenvalue weighted by Gasteiger charge is 2.14. The van der Waals surface area contributed by atoms with E-state index in [0.29, 0.717) is 6.61 Å². The van der Waals surface area contributed by atoms with E-state index in [0.717, 1.165) is 12.1 Å². The molecule has 1 aromatic carbocycles. The first-order valence-corrected chi connectivity index (χ1v) is 9.66. The first kappa shape index (κ1) is 15.2. The van der Waals surface area contributed by atoms with Crippen LogP contribution in [0, 0.1) is 17.1 Å². The van der Waals surface area contributed by atoms with Crippen molar-refractivity contribution in [2.75, 3.05) is 11.9 Å². The van der Waals surface area contributed by atoms with Crippen molar-refractivity contribution >= 4 is 19.9 Å². The smallest absolute Gasteiger partial charge is 0.411 e. The monoisotopic (exact) mass is 280 g/mol. The maximum absolute atomic E-state index is 13.3. The Bertz CT molecular complexity index is 506. The zero-order chi connectivity index (χ0) is 14.5. The maximum Gasteiger partial charge on any atom is 0.411 e. The molecule has 0 spiro atoms. The molecule has 0 aliphatic heterocycles. The molecule has 0 radical (unpaired) electrons. The molecule has 0 aromatic heterocycles. The van der Waals surface area contributed by atoms with Gasteiger partial charge in [-0.3, -0.25) is 5.32 Å². The summed E-state index contributed by atoms with van der Waals surface area (Å²) in [6.07, 6.45) is -0.609. The third kappa shape index (κ3) is 5.53. The highest BCUT2D eigenvalue weighted by Crippen LogP contribution is 2.14. The Labute approximate surface area is 113 Å². The number of carbonyl (C=O) groups excluding carboxylic acids is 1. The second-order valence-electron chi connectivity index (χ2n) is 5.38. The van der Waals surface area contributed by atoms with Gasteiger partial charge in [0.25, 0.3) is 0 Å². The Morgan fingerprint density at radius 2 is 2.16 bits per heavy atom. The van der Waals surface area contributed by atoms with Crippen molar-refractivity contribution in [3.8, 4) is 6.07 Å². The number of benzene rings is 1. The molecule has 0 bridgehead atoms. The van der Waals surface area contributed by atoms with Crippen LogP contribution in [-0.2, 0) is 4.74 Å². The van der Waals surface area contributed by atoms with Gasteiger partial charge in [-0.1, -0.05) is 19.6 Å². The molecular weight excluding hydrogens is 263 g/mol. The second kappa shape index (κ2) is 6.34. The number of amides is 1. The standard InChI is InChI=1S/C13H17FN2O2Si/c1-19(2,3)7-6-18-13(17)16-11-5-4-10(9-15)12(14)8-11/h4-5,8H,6-7H2,1-3H3,(H,16,17). The van der Waals surface area contributed by atoms with Gasteiger partial charge >= 0.3 is 6.09 Å². The molecule has 0 saturated carbocycles. The summed E-state index contributed by atoms with van der Waals surface area (Å²) in [6.45, 7) is 6.92. The predicted molar refractivity (Wildman–Crippen MR) is 74.2 cm³/mol. The summed E-state index contributed by atoms with van der Waals surface area (Å²) in [5, 5.41) is 11.0. The minimum Gasteiger partial charge on any atom is -0.450 e. The molecule has 6 heteroatoms. The van der Waals surface area contributed by atoms with Crippen molar-refractivity contribution < 1.29 is 13.9 Å². The van der Waals surface area contributed by atoms with Gasteiger partial charge in [0.2, 0.25) is 0 Å². The molecule has 1 N–H and O–H groups in total. The van der Waals surface area contributed by atoms with Crippen molar-refractivity contribution in [1.29, 1.82) is 5.26 Å². The third-order valence-corrected chi connectivity index (χ3v) is 4.13. The Morgan fingerprint density at radius 1 is 1.47 bits per heavy atom. The summed E-state index contributed by atoms with van der Waals surface area (Å²) in [5.74, 6) is -0.664. The zero-order valence-electron chi connectivity index (χ0n) is 11.3. The normalized spacial score (nSPS) is 10.7. The Balaban J connectivity index is 2.49. The van der Waals surface area contributed by atoms with E-state index in [9.17, 15) is 9.18 Å². The van der Waals surface area contributed by atoms with Crippen LogP contribution < -0.4 is 5.32 Å². The number of ether oxygens (including phenoxy) is 1. The molecule has 0 heterocycles. The molecule has 0 atom stereocenters. The van der Waals surface area contributed by atoms with E-state index in [1.165, 1.54) is 12.1 Å². The van der Waals surface area contributed by atoms with Gasteiger partial charge < -0.3 is 4.74 Å². The van der Waals surface area contributed by atoms with E-state index in [4.69, 9.17) is 10.00 Å². The molecule has 1 aromatic rings. The van der Waals surface area contributed by atoms with Crippen molar-refractivity contribution in [1.82, 2.24) is 0 Å². The number of hydrogen-bond donors (Lipinski definition) is 1. The van der Waals surface area contributed by atoms with Gasteiger partial charge in [0, 0.05) is 13.8 Å². The molecule has 1 rings (SSSR count). The zero-order valence-corrected chi connectivity index (χ0v) is 12.3. The molecule has 0 fully saturated rings. The largest absolute Gasteiger partial charge is 0.450 e. The lowest BCUT2D eigenvalue weighted by molar-refractivity contribution is 0.167. The van der Waals surface area contributed by atoms with Gasteiger partial charge in [-0.05, 0) is 24.2 Å². The van der Waals surface area contributed by atoms with Crippen LogP contribution in [0.3, 0.4) is 0 Å². The topological polar surface area (TPSA) is 62.1 Å². The molecule has 0 saturated heterocycles. The van der Waals surface area contributed by atoms with Crippen LogP contribution in [-0.4, -0.2) is 20.8 Å². The second-order valence-corrected chi connectivity index (χ2v) is 11.0. The van der Waals surface area contributed by atoms with Gasteiger partial charge in [0.1, 0.15) is 11.9 Å². The van der Waals surface area contributed by atoms with Crippen molar-refractivity contribution in [2.24, 2.45) is 0 Å². The summed E-state index contributed by atoms with van der Waals surface area (Å²) < 4.78 is 18.3. The van der Waals surface area contributed by atoms with E-state index >= 15 is 0 Å². The van der Waals surface area contributed by atoms with E-state index in [1.807, 2.05) is 0 Å². The fraction of sp³-hybridized carbons (Fsp3) is 0.385. The minimum absolute atomic E-state index is 0.0577. The quantitative estimate of drug-likeness (QED) is 0.857. The lowest BCUT2D eigenvalue weighted by atomic mass is 10.2. The number of hydrogen-bond acceptors (Lipinski definition) is 3. The number of nitriles is 1. The molecule has 19 heavy (non-hydrogen) atoms. The van der Waals surface area contributed by atoms with Gasteiger partial charge in [-0.25, -0.2) is 9.18 Å². The first-order valence-electron chi connectivity index (χ1n) is 5.95. The van der Waals surface area contributed by atoms with E-state index in [-0.39, 0.29) is 11.3 Å². The van der Waals surface area contributed by atoms with Crippen LogP contribution in [0.4, 0.5) is 14.9 Å². The molecule has 102 valence electrons. The van der Waals surface area contributed by atoms with Gasteiger partial charge in [-0.2, -0.15) is 5.26 Å². The van der Waals surface area contributed by atoms with E-state index < -0.39 is 20.0 Å². The number of anilines is 1. The van der Waals surface area contributed by atoms with Gasteiger partial charge in [0.05, 0.1) is 12.2 Å². The number of halogens is 1. The number of carbonyl (C=O) groups is 1. The van der Waals surface area contributed by atoms with E-state index in [2.05, 4.69) is 25.0 Å². The van der Waals surface area contributed by atoms with Crippen molar-refractivity contribution in [3.05, 3.63) is 29.6 Å². The number of nitrogens with zero attached hydrogens (tertiary/aromatic N) is 1. The van der Waals surface area contributed by atoms with Crippen LogP contribution in [0.25, 0.3) is 0 Å². The fourth-order valence-corrected chi connectivity index (χ4v) is 2.00. The van der Waals surface area contributed by atoms with Gasteiger partial charge in [0.15, 0.2) is 0 Å². The summed E-state index contributed by atoms with van der Waals surface area (Å²) in [7, 11) is -1.24. The van der Waals surface area contributed by atoms with Gasteiger partial charge in [-0.15, -0.1) is 0 Å². The van der Waals surface area contributed by atoms with Crippen LogP contribution >= 0.6 is 0 Å². The Kier molecular flexibility index (Phi) is 5.07. The molecule has 0 aliphatic carbocycles. The van der Waals surface area contributed by atoms with Crippen LogP contribution in [0.5, 0.6) is 0 Å². The molecule has 4 nitrogen and oxygen atoms in total. The average Bonchev–Trinajstić information content (AvgIpc) is 2.27. The van der Waals surface area contributed by atoms with Crippen LogP contribution in [0.1, 0.15) is 5.56 Å². The lowest BCUT2D eigenvalue weighted by Crippen LogP contribution is -2.24. The SMILES string of the molecule is C[Si](C)(C)CCOC(=O)Nc1ccc(C#N)c(F)c1. The molecule has 0 aliphatic rings. The predicted octanol–water partition coefficient (Wildman–Crippen LogP) is 3.58. The summed E-state index contributed by atoms with van der Waals surface area (Å²) in [6, 6.07) is 6.46.